The number of halogens is 1. The minimum Gasteiger partial charge on any atom is -0.466 e. The quantitative estimate of drug-likeness (QED) is 0.186. The summed E-state index contributed by atoms with van der Waals surface area (Å²) in [5.74, 6) is 1.00. The molecule has 0 radical (unpaired) electrons. The minimum absolute atomic E-state index is 0. The number of esters is 1. The van der Waals surface area contributed by atoms with Crippen molar-refractivity contribution in [1.29, 1.82) is 0 Å². The van der Waals surface area contributed by atoms with Crippen LogP contribution in [0.2, 0.25) is 0 Å². The molecule has 2 aliphatic rings. The Kier molecular flexibility index (Phi) is 13.1. The molecular formula is C20H40IN5O2. The molecule has 0 atom stereocenters. The molecule has 2 saturated heterocycles. The second-order valence-corrected chi connectivity index (χ2v) is 7.60. The number of nitrogens with one attached hydrogen (secondary N) is 1. The van der Waals surface area contributed by atoms with E-state index in [2.05, 4.69) is 34.0 Å². The largest absolute Gasteiger partial charge is 0.466 e. The average Bonchev–Trinajstić information content (AvgIpc) is 2.89. The summed E-state index contributed by atoms with van der Waals surface area (Å²) in [4.78, 5) is 24.0. The van der Waals surface area contributed by atoms with Gasteiger partial charge < -0.3 is 24.8 Å². The molecule has 0 aromatic rings. The average molecular weight is 509 g/mol. The van der Waals surface area contributed by atoms with Gasteiger partial charge in [0.25, 0.3) is 0 Å². The van der Waals surface area contributed by atoms with Gasteiger partial charge in [-0.3, -0.25) is 9.79 Å². The molecule has 28 heavy (non-hydrogen) atoms. The fraction of sp³-hybridized carbons (Fsp3) is 0.900. The topological polar surface area (TPSA) is 60.4 Å². The normalized spacial score (nSPS) is 20.4. The number of likely N-dealkylation sites (tertiary alicyclic amines) is 1. The van der Waals surface area contributed by atoms with Gasteiger partial charge >= 0.3 is 5.97 Å². The highest BCUT2D eigenvalue weighted by atomic mass is 127. The highest BCUT2D eigenvalue weighted by Gasteiger charge is 2.27. The van der Waals surface area contributed by atoms with E-state index in [1.807, 2.05) is 6.92 Å². The molecule has 0 aromatic carbocycles. The Labute approximate surface area is 188 Å². The van der Waals surface area contributed by atoms with Gasteiger partial charge in [0.15, 0.2) is 5.96 Å². The third-order valence-electron chi connectivity index (χ3n) is 5.46. The van der Waals surface area contributed by atoms with Gasteiger partial charge in [0.2, 0.25) is 0 Å². The second-order valence-electron chi connectivity index (χ2n) is 7.60. The number of aliphatic imine (C=N–C) groups is 1. The van der Waals surface area contributed by atoms with Gasteiger partial charge in [0.05, 0.1) is 12.5 Å². The molecule has 2 heterocycles. The molecular weight excluding hydrogens is 469 g/mol. The summed E-state index contributed by atoms with van der Waals surface area (Å²) in [5.41, 5.74) is 0. The van der Waals surface area contributed by atoms with E-state index in [1.165, 1.54) is 32.6 Å². The first-order valence-corrected chi connectivity index (χ1v) is 10.7. The summed E-state index contributed by atoms with van der Waals surface area (Å²) < 4.78 is 5.17. The van der Waals surface area contributed by atoms with Crippen molar-refractivity contribution in [2.45, 2.75) is 39.5 Å². The van der Waals surface area contributed by atoms with E-state index in [-0.39, 0.29) is 35.9 Å². The predicted octanol–water partition coefficient (Wildman–Crippen LogP) is 1.87. The standard InChI is InChI=1S/C20H39N5O2.HI/c1-4-21-20(25-14-8-18(9-15-25)19(26)27-5-2)22-10-6-12-24-13-7-11-23(3)16-17-24;/h18H,4-17H2,1-3H3,(H,21,22);1H. The number of ether oxygens (including phenoxy) is 1. The Hall–Kier alpha value is -0.610. The molecule has 0 saturated carbocycles. The van der Waals surface area contributed by atoms with E-state index in [4.69, 9.17) is 9.73 Å². The maximum absolute atomic E-state index is 11.9. The number of carbonyl (C=O) groups excluding carboxylic acids is 1. The van der Waals surface area contributed by atoms with Gasteiger partial charge in [-0.25, -0.2) is 0 Å². The monoisotopic (exact) mass is 509 g/mol. The van der Waals surface area contributed by atoms with E-state index in [0.29, 0.717) is 6.61 Å². The van der Waals surface area contributed by atoms with Crippen molar-refractivity contribution in [3.63, 3.8) is 0 Å². The summed E-state index contributed by atoms with van der Waals surface area (Å²) in [6.07, 6.45) is 4.06. The molecule has 0 amide bonds. The lowest BCUT2D eigenvalue weighted by Crippen LogP contribution is -2.46. The van der Waals surface area contributed by atoms with Crippen LogP contribution >= 0.6 is 24.0 Å². The lowest BCUT2D eigenvalue weighted by Gasteiger charge is -2.33. The smallest absolute Gasteiger partial charge is 0.309 e. The third-order valence-corrected chi connectivity index (χ3v) is 5.46. The van der Waals surface area contributed by atoms with Crippen LogP contribution in [-0.4, -0.2) is 99.2 Å². The maximum Gasteiger partial charge on any atom is 0.309 e. The van der Waals surface area contributed by atoms with Crippen molar-refractivity contribution < 1.29 is 9.53 Å². The number of piperidine rings is 1. The summed E-state index contributed by atoms with van der Waals surface area (Å²) in [6, 6.07) is 0. The van der Waals surface area contributed by atoms with Gasteiger partial charge in [-0.2, -0.15) is 0 Å². The number of rotatable bonds is 7. The van der Waals surface area contributed by atoms with Crippen molar-refractivity contribution in [3.05, 3.63) is 0 Å². The van der Waals surface area contributed by atoms with Gasteiger partial charge in [0, 0.05) is 39.3 Å². The van der Waals surface area contributed by atoms with Gasteiger partial charge in [-0.05, 0) is 66.2 Å². The van der Waals surface area contributed by atoms with Gasteiger partial charge in [-0.1, -0.05) is 0 Å². The molecule has 1 N–H and O–H groups in total. The van der Waals surface area contributed by atoms with Crippen molar-refractivity contribution in [3.8, 4) is 0 Å². The van der Waals surface area contributed by atoms with Crippen LogP contribution in [0, 0.1) is 5.92 Å². The molecule has 7 nitrogen and oxygen atoms in total. The fourth-order valence-electron chi connectivity index (χ4n) is 3.82. The number of carbonyl (C=O) groups is 1. The lowest BCUT2D eigenvalue weighted by molar-refractivity contribution is -0.149. The highest BCUT2D eigenvalue weighted by Crippen LogP contribution is 2.18. The van der Waals surface area contributed by atoms with Crippen LogP contribution in [0.25, 0.3) is 0 Å². The SMILES string of the molecule is CCNC(=NCCCN1CCCN(C)CC1)N1CCC(C(=O)OCC)CC1.I. The molecule has 0 aliphatic carbocycles. The Balaban J connectivity index is 0.00000392. The summed E-state index contributed by atoms with van der Waals surface area (Å²) in [5, 5.41) is 3.42. The van der Waals surface area contributed by atoms with E-state index >= 15 is 0 Å². The van der Waals surface area contributed by atoms with Crippen LogP contribution in [-0.2, 0) is 9.53 Å². The van der Waals surface area contributed by atoms with Crippen LogP contribution < -0.4 is 5.32 Å². The van der Waals surface area contributed by atoms with Gasteiger partial charge in [0.1, 0.15) is 0 Å². The number of nitrogens with zero attached hydrogens (tertiary/aromatic N) is 4. The van der Waals surface area contributed by atoms with E-state index in [0.717, 1.165) is 57.9 Å². The molecule has 0 aromatic heterocycles. The van der Waals surface area contributed by atoms with Crippen LogP contribution in [0.1, 0.15) is 39.5 Å². The van der Waals surface area contributed by atoms with Crippen molar-refractivity contribution in [1.82, 2.24) is 20.0 Å². The van der Waals surface area contributed by atoms with Crippen molar-refractivity contribution in [2.24, 2.45) is 10.9 Å². The number of hydrogen-bond donors (Lipinski definition) is 1. The number of hydrogen-bond acceptors (Lipinski definition) is 5. The Morgan fingerprint density at radius 3 is 2.54 bits per heavy atom. The first-order valence-electron chi connectivity index (χ1n) is 10.7. The van der Waals surface area contributed by atoms with E-state index in [1.54, 1.807) is 0 Å². The molecule has 0 unspecified atom stereocenters. The predicted molar refractivity (Wildman–Crippen MR) is 125 cm³/mol. The summed E-state index contributed by atoms with van der Waals surface area (Å²) in [6.45, 7) is 13.8. The fourth-order valence-corrected chi connectivity index (χ4v) is 3.82. The first kappa shape index (κ1) is 25.4. The summed E-state index contributed by atoms with van der Waals surface area (Å²) in [7, 11) is 2.21. The third kappa shape index (κ3) is 8.82. The molecule has 8 heteroatoms. The first-order chi connectivity index (χ1) is 13.1. The lowest BCUT2D eigenvalue weighted by atomic mass is 9.97. The maximum atomic E-state index is 11.9. The summed E-state index contributed by atoms with van der Waals surface area (Å²) >= 11 is 0. The zero-order valence-electron chi connectivity index (χ0n) is 18.0. The Morgan fingerprint density at radius 2 is 1.86 bits per heavy atom. The minimum atomic E-state index is -0.0396. The molecule has 0 spiro atoms. The van der Waals surface area contributed by atoms with Crippen molar-refractivity contribution >= 4 is 35.9 Å². The molecule has 164 valence electrons. The highest BCUT2D eigenvalue weighted by molar-refractivity contribution is 14.0. The molecule has 0 bridgehead atoms. The number of likely N-dealkylation sites (N-methyl/N-ethyl adjacent to an activating group) is 1. The van der Waals surface area contributed by atoms with E-state index in [9.17, 15) is 4.79 Å². The molecule has 2 fully saturated rings. The molecule has 2 rings (SSSR count). The molecule has 2 aliphatic heterocycles. The zero-order chi connectivity index (χ0) is 19.5. The van der Waals surface area contributed by atoms with Crippen molar-refractivity contribution in [2.75, 3.05) is 72.6 Å². The van der Waals surface area contributed by atoms with Crippen LogP contribution in [0.3, 0.4) is 0 Å². The van der Waals surface area contributed by atoms with Gasteiger partial charge in [-0.15, -0.1) is 24.0 Å². The Bertz CT molecular complexity index is 470. The van der Waals surface area contributed by atoms with E-state index < -0.39 is 0 Å². The van der Waals surface area contributed by atoms with Crippen LogP contribution in [0.4, 0.5) is 0 Å². The Morgan fingerprint density at radius 1 is 1.11 bits per heavy atom. The zero-order valence-corrected chi connectivity index (χ0v) is 20.3. The number of guanidine groups is 1. The van der Waals surface area contributed by atoms with Crippen LogP contribution in [0.15, 0.2) is 4.99 Å². The van der Waals surface area contributed by atoms with Crippen LogP contribution in [0.5, 0.6) is 0 Å². The second kappa shape index (κ2) is 14.4.